The van der Waals surface area contributed by atoms with Crippen molar-refractivity contribution in [2.75, 3.05) is 13.6 Å². The van der Waals surface area contributed by atoms with Crippen LogP contribution < -0.4 is 0 Å². The summed E-state index contributed by atoms with van der Waals surface area (Å²) in [6, 6.07) is 0.342. The number of aliphatic hydroxyl groups is 1. The van der Waals surface area contributed by atoms with Gasteiger partial charge in [0.1, 0.15) is 12.1 Å². The highest BCUT2D eigenvalue weighted by molar-refractivity contribution is 5.06. The summed E-state index contributed by atoms with van der Waals surface area (Å²) < 4.78 is 1.95. The zero-order chi connectivity index (χ0) is 11.1. The third-order valence-electron chi connectivity index (χ3n) is 3.77. The lowest BCUT2D eigenvalue weighted by Crippen LogP contribution is -2.25. The summed E-state index contributed by atoms with van der Waals surface area (Å²) in [7, 11) is 2.12. The monoisotopic (exact) mass is 222 g/mol. The fourth-order valence-electron chi connectivity index (χ4n) is 2.87. The molecule has 5 nitrogen and oxygen atoms in total. The molecule has 2 aliphatic rings. The van der Waals surface area contributed by atoms with Crippen molar-refractivity contribution in [1.82, 2.24) is 19.7 Å². The molecule has 0 radical (unpaired) electrons. The third-order valence-corrected chi connectivity index (χ3v) is 3.77. The molecule has 1 saturated heterocycles. The normalized spacial score (nSPS) is 30.6. The largest absolute Gasteiger partial charge is 0.373 e. The van der Waals surface area contributed by atoms with E-state index in [9.17, 15) is 5.11 Å². The molecule has 0 bridgehead atoms. The van der Waals surface area contributed by atoms with Gasteiger partial charge in [-0.2, -0.15) is 0 Å². The van der Waals surface area contributed by atoms with Gasteiger partial charge in [-0.25, -0.2) is 0 Å². The quantitative estimate of drug-likeness (QED) is 0.766. The summed E-state index contributed by atoms with van der Waals surface area (Å²) in [6.45, 7) is 1.11. The molecule has 1 N–H and O–H groups in total. The molecule has 1 aromatic heterocycles. The van der Waals surface area contributed by atoms with Crippen molar-refractivity contribution in [3.05, 3.63) is 11.6 Å². The number of aryl methyl sites for hydroxylation is 1. The second-order valence-electron chi connectivity index (χ2n) is 4.86. The Kier molecular flexibility index (Phi) is 2.44. The second-order valence-corrected chi connectivity index (χ2v) is 4.86. The summed E-state index contributed by atoms with van der Waals surface area (Å²) in [5.74, 6) is 1.91. The minimum absolute atomic E-state index is 0.342. The van der Waals surface area contributed by atoms with Crippen molar-refractivity contribution in [3.63, 3.8) is 0 Å². The molecule has 1 fully saturated rings. The summed E-state index contributed by atoms with van der Waals surface area (Å²) in [4.78, 5) is 2.30. The zero-order valence-corrected chi connectivity index (χ0v) is 9.63. The molecule has 0 aromatic carbocycles. The molecule has 5 heteroatoms. The molecule has 0 amide bonds. The van der Waals surface area contributed by atoms with Crippen molar-refractivity contribution in [1.29, 1.82) is 0 Å². The van der Waals surface area contributed by atoms with Gasteiger partial charge in [0.15, 0.2) is 5.82 Å². The SMILES string of the molecule is CN1CCCC1c1nnc2n1C(O)CCC2. The number of hydrogen-bond acceptors (Lipinski definition) is 4. The standard InChI is InChI=1S/C11H18N4O/c1-14-7-3-4-8(14)11-13-12-9-5-2-6-10(16)15(9)11/h8,10,16H,2-7H2,1H3. The number of likely N-dealkylation sites (tertiary alicyclic amines) is 1. The number of nitrogens with zero attached hydrogens (tertiary/aromatic N) is 4. The summed E-state index contributed by atoms with van der Waals surface area (Å²) in [6.07, 6.45) is 4.71. The predicted octanol–water partition coefficient (Wildman–Crippen LogP) is 0.872. The van der Waals surface area contributed by atoms with E-state index in [1.54, 1.807) is 0 Å². The molecular weight excluding hydrogens is 204 g/mol. The predicted molar refractivity (Wildman–Crippen MR) is 58.8 cm³/mol. The first-order valence-corrected chi connectivity index (χ1v) is 6.09. The summed E-state index contributed by atoms with van der Waals surface area (Å²) >= 11 is 0. The first-order chi connectivity index (χ1) is 7.77. The van der Waals surface area contributed by atoms with Crippen LogP contribution in [0.2, 0.25) is 0 Å². The van der Waals surface area contributed by atoms with Gasteiger partial charge in [0.05, 0.1) is 6.04 Å². The molecule has 0 aliphatic carbocycles. The molecule has 0 saturated carbocycles. The van der Waals surface area contributed by atoms with E-state index in [1.807, 2.05) is 4.57 Å². The highest BCUT2D eigenvalue weighted by atomic mass is 16.3. The van der Waals surface area contributed by atoms with E-state index in [-0.39, 0.29) is 0 Å². The van der Waals surface area contributed by atoms with E-state index in [1.165, 1.54) is 6.42 Å². The van der Waals surface area contributed by atoms with Gasteiger partial charge in [0.25, 0.3) is 0 Å². The smallest absolute Gasteiger partial charge is 0.152 e. The molecule has 2 aliphatic heterocycles. The number of fused-ring (bicyclic) bond motifs is 1. The molecule has 16 heavy (non-hydrogen) atoms. The average Bonchev–Trinajstić information content (AvgIpc) is 2.84. The van der Waals surface area contributed by atoms with Crippen molar-refractivity contribution in [3.8, 4) is 0 Å². The number of hydrogen-bond donors (Lipinski definition) is 1. The fraction of sp³-hybridized carbons (Fsp3) is 0.818. The first kappa shape index (κ1) is 10.2. The molecule has 3 heterocycles. The summed E-state index contributed by atoms with van der Waals surface area (Å²) in [5.41, 5.74) is 0. The van der Waals surface area contributed by atoms with Crippen LogP contribution >= 0.6 is 0 Å². The topological polar surface area (TPSA) is 54.2 Å². The van der Waals surface area contributed by atoms with Gasteiger partial charge in [-0.05, 0) is 39.3 Å². The Bertz CT molecular complexity index is 389. The van der Waals surface area contributed by atoms with Crippen molar-refractivity contribution >= 4 is 0 Å². The van der Waals surface area contributed by atoms with E-state index >= 15 is 0 Å². The van der Waals surface area contributed by atoms with Crippen LogP contribution in [0, 0.1) is 0 Å². The molecule has 1 aromatic rings. The van der Waals surface area contributed by atoms with E-state index in [0.717, 1.165) is 43.9 Å². The van der Waals surface area contributed by atoms with Gasteiger partial charge in [0.2, 0.25) is 0 Å². The minimum Gasteiger partial charge on any atom is -0.373 e. The lowest BCUT2D eigenvalue weighted by Gasteiger charge is -2.25. The molecule has 3 rings (SSSR count). The maximum absolute atomic E-state index is 10.0. The Morgan fingerprint density at radius 1 is 1.25 bits per heavy atom. The highest BCUT2D eigenvalue weighted by Gasteiger charge is 2.31. The number of aromatic nitrogens is 3. The van der Waals surface area contributed by atoms with Gasteiger partial charge in [0, 0.05) is 6.42 Å². The van der Waals surface area contributed by atoms with E-state index in [0.29, 0.717) is 6.04 Å². The zero-order valence-electron chi connectivity index (χ0n) is 9.63. The van der Waals surface area contributed by atoms with Crippen molar-refractivity contribution < 1.29 is 5.11 Å². The number of rotatable bonds is 1. The Hall–Kier alpha value is -0.940. The van der Waals surface area contributed by atoms with Gasteiger partial charge in [-0.3, -0.25) is 9.47 Å². The lowest BCUT2D eigenvalue weighted by atomic mass is 10.1. The van der Waals surface area contributed by atoms with Crippen LogP contribution in [0.25, 0.3) is 0 Å². The third kappa shape index (κ3) is 1.46. The van der Waals surface area contributed by atoms with Crippen LogP contribution in [0.3, 0.4) is 0 Å². The number of aliphatic hydroxyl groups excluding tert-OH is 1. The van der Waals surface area contributed by atoms with E-state index < -0.39 is 6.23 Å². The van der Waals surface area contributed by atoms with Crippen LogP contribution in [0.1, 0.15) is 49.6 Å². The maximum Gasteiger partial charge on any atom is 0.152 e. The fourth-order valence-corrected chi connectivity index (χ4v) is 2.87. The minimum atomic E-state index is -0.414. The van der Waals surface area contributed by atoms with Crippen molar-refractivity contribution in [2.24, 2.45) is 0 Å². The molecule has 2 unspecified atom stereocenters. The molecule has 2 atom stereocenters. The average molecular weight is 222 g/mol. The Labute approximate surface area is 95.1 Å². The molecule has 0 spiro atoms. The lowest BCUT2D eigenvalue weighted by molar-refractivity contribution is 0.0706. The van der Waals surface area contributed by atoms with Crippen molar-refractivity contribution in [2.45, 2.75) is 44.4 Å². The molecule has 88 valence electrons. The van der Waals surface area contributed by atoms with Crippen LogP contribution in [0.4, 0.5) is 0 Å². The highest BCUT2D eigenvalue weighted by Crippen LogP contribution is 2.33. The van der Waals surface area contributed by atoms with Gasteiger partial charge in [-0.15, -0.1) is 10.2 Å². The van der Waals surface area contributed by atoms with Crippen LogP contribution in [0.5, 0.6) is 0 Å². The van der Waals surface area contributed by atoms with Gasteiger partial charge >= 0.3 is 0 Å². The van der Waals surface area contributed by atoms with Gasteiger partial charge in [-0.1, -0.05) is 0 Å². The Morgan fingerprint density at radius 3 is 2.88 bits per heavy atom. The first-order valence-electron chi connectivity index (χ1n) is 6.09. The van der Waals surface area contributed by atoms with Crippen LogP contribution in [-0.2, 0) is 6.42 Å². The van der Waals surface area contributed by atoms with E-state index in [2.05, 4.69) is 22.1 Å². The molecular formula is C11H18N4O. The summed E-state index contributed by atoms with van der Waals surface area (Å²) in [5, 5.41) is 18.5. The Morgan fingerprint density at radius 2 is 2.12 bits per heavy atom. The van der Waals surface area contributed by atoms with E-state index in [4.69, 9.17) is 0 Å². The van der Waals surface area contributed by atoms with Crippen LogP contribution in [-0.4, -0.2) is 38.4 Å². The van der Waals surface area contributed by atoms with Crippen LogP contribution in [0.15, 0.2) is 0 Å². The van der Waals surface area contributed by atoms with Gasteiger partial charge < -0.3 is 5.11 Å². The Balaban J connectivity index is 1.98. The maximum atomic E-state index is 10.0. The second kappa shape index (κ2) is 3.82.